The van der Waals surface area contributed by atoms with Crippen LogP contribution in [0.5, 0.6) is 0 Å². The molecule has 0 spiro atoms. The molecule has 2 unspecified atom stereocenters. The highest BCUT2D eigenvalue weighted by molar-refractivity contribution is 5.97. The third-order valence-electron chi connectivity index (χ3n) is 3.93. The van der Waals surface area contributed by atoms with Gasteiger partial charge in [0.25, 0.3) is 0 Å². The van der Waals surface area contributed by atoms with Gasteiger partial charge in [0, 0.05) is 6.04 Å². The number of piperazine rings is 1. The molecule has 17 heavy (non-hydrogen) atoms. The van der Waals surface area contributed by atoms with Crippen molar-refractivity contribution in [3.05, 3.63) is 0 Å². The highest BCUT2D eigenvalue weighted by atomic mass is 16.2. The Kier molecular flexibility index (Phi) is 3.15. The summed E-state index contributed by atoms with van der Waals surface area (Å²) in [5.41, 5.74) is 0. The van der Waals surface area contributed by atoms with E-state index in [9.17, 15) is 9.59 Å². The van der Waals surface area contributed by atoms with Gasteiger partial charge in [-0.3, -0.25) is 9.59 Å². The summed E-state index contributed by atoms with van der Waals surface area (Å²) >= 11 is 0. The molecule has 2 fully saturated rings. The van der Waals surface area contributed by atoms with Crippen LogP contribution in [0.2, 0.25) is 0 Å². The molecule has 0 aromatic carbocycles. The first kappa shape index (κ1) is 12.4. The molecule has 4 nitrogen and oxygen atoms in total. The number of carbonyl (C=O) groups is 2. The van der Waals surface area contributed by atoms with Gasteiger partial charge in [0.2, 0.25) is 11.8 Å². The van der Waals surface area contributed by atoms with Crippen LogP contribution in [0.4, 0.5) is 0 Å². The van der Waals surface area contributed by atoms with E-state index in [1.54, 1.807) is 6.92 Å². The summed E-state index contributed by atoms with van der Waals surface area (Å²) in [5, 5.41) is 2.77. The number of hydrogen-bond donors (Lipinski definition) is 1. The van der Waals surface area contributed by atoms with Gasteiger partial charge < -0.3 is 10.2 Å². The largest absolute Gasteiger partial charge is 0.343 e. The van der Waals surface area contributed by atoms with Crippen molar-refractivity contribution < 1.29 is 9.59 Å². The van der Waals surface area contributed by atoms with Gasteiger partial charge in [0.05, 0.1) is 0 Å². The Hall–Kier alpha value is -1.06. The molecule has 1 aliphatic heterocycles. The maximum atomic E-state index is 12.2. The molecule has 2 amide bonds. The molecule has 0 aromatic rings. The van der Waals surface area contributed by atoms with Gasteiger partial charge in [-0.25, -0.2) is 0 Å². The van der Waals surface area contributed by atoms with Gasteiger partial charge in [0.1, 0.15) is 12.1 Å². The van der Waals surface area contributed by atoms with Crippen LogP contribution in [0.15, 0.2) is 0 Å². The second-order valence-corrected chi connectivity index (χ2v) is 5.90. The van der Waals surface area contributed by atoms with E-state index >= 15 is 0 Å². The topological polar surface area (TPSA) is 49.4 Å². The summed E-state index contributed by atoms with van der Waals surface area (Å²) in [6, 6.07) is -0.372. The van der Waals surface area contributed by atoms with E-state index < -0.39 is 0 Å². The van der Waals surface area contributed by atoms with Crippen molar-refractivity contribution in [1.82, 2.24) is 10.2 Å². The number of nitrogens with one attached hydrogen (secondary N) is 1. The minimum absolute atomic E-state index is 0.00616. The Morgan fingerprint density at radius 3 is 2.29 bits per heavy atom. The maximum absolute atomic E-state index is 12.2. The van der Waals surface area contributed by atoms with Crippen LogP contribution in [-0.2, 0) is 9.59 Å². The summed E-state index contributed by atoms with van der Waals surface area (Å²) < 4.78 is 0. The van der Waals surface area contributed by atoms with Gasteiger partial charge in [-0.1, -0.05) is 20.8 Å². The average molecular weight is 238 g/mol. The van der Waals surface area contributed by atoms with Gasteiger partial charge in [-0.15, -0.1) is 0 Å². The molecule has 0 bridgehead atoms. The SMILES string of the molecule is CC1CC(N2C(=O)C(C)NC(=O)C2C(C)C)C1. The fourth-order valence-electron chi connectivity index (χ4n) is 2.97. The van der Waals surface area contributed by atoms with Crippen molar-refractivity contribution in [2.45, 2.75) is 58.7 Å². The van der Waals surface area contributed by atoms with Crippen molar-refractivity contribution in [2.24, 2.45) is 11.8 Å². The third kappa shape index (κ3) is 2.05. The second-order valence-electron chi connectivity index (χ2n) is 5.90. The highest BCUT2D eigenvalue weighted by Crippen LogP contribution is 2.35. The molecule has 1 saturated carbocycles. The predicted molar refractivity (Wildman–Crippen MR) is 65.3 cm³/mol. The Morgan fingerprint density at radius 1 is 1.24 bits per heavy atom. The zero-order valence-electron chi connectivity index (χ0n) is 11.1. The highest BCUT2D eigenvalue weighted by Gasteiger charge is 2.46. The van der Waals surface area contributed by atoms with Crippen LogP contribution in [-0.4, -0.2) is 34.8 Å². The lowest BCUT2D eigenvalue weighted by molar-refractivity contribution is -0.157. The van der Waals surface area contributed by atoms with Gasteiger partial charge in [0.15, 0.2) is 0 Å². The number of carbonyl (C=O) groups excluding carboxylic acids is 2. The summed E-state index contributed by atoms with van der Waals surface area (Å²) in [7, 11) is 0. The van der Waals surface area contributed by atoms with E-state index in [1.165, 1.54) is 0 Å². The van der Waals surface area contributed by atoms with Crippen LogP contribution in [0.25, 0.3) is 0 Å². The zero-order chi connectivity index (χ0) is 12.7. The second kappa shape index (κ2) is 4.31. The number of rotatable bonds is 2. The number of hydrogen-bond acceptors (Lipinski definition) is 2. The lowest BCUT2D eigenvalue weighted by Gasteiger charge is -2.49. The van der Waals surface area contributed by atoms with E-state index in [4.69, 9.17) is 0 Å². The van der Waals surface area contributed by atoms with Crippen LogP contribution >= 0.6 is 0 Å². The first-order valence-corrected chi connectivity index (χ1v) is 6.54. The molecule has 0 radical (unpaired) electrons. The van der Waals surface area contributed by atoms with Gasteiger partial charge in [-0.05, 0) is 31.6 Å². The fourth-order valence-corrected chi connectivity index (χ4v) is 2.97. The summed E-state index contributed by atoms with van der Waals surface area (Å²) in [6.07, 6.45) is 2.07. The van der Waals surface area contributed by atoms with E-state index in [1.807, 2.05) is 18.7 Å². The summed E-state index contributed by atoms with van der Waals surface area (Å²) in [6.45, 7) is 7.97. The van der Waals surface area contributed by atoms with Gasteiger partial charge >= 0.3 is 0 Å². The van der Waals surface area contributed by atoms with Crippen LogP contribution < -0.4 is 5.32 Å². The molecule has 1 N–H and O–H groups in total. The molecule has 1 saturated heterocycles. The first-order valence-electron chi connectivity index (χ1n) is 6.54. The van der Waals surface area contributed by atoms with E-state index in [0.717, 1.165) is 12.8 Å². The summed E-state index contributed by atoms with van der Waals surface area (Å²) in [4.78, 5) is 26.1. The molecule has 2 aliphatic rings. The Bertz CT molecular complexity index is 334. The molecule has 2 atom stereocenters. The smallest absolute Gasteiger partial charge is 0.245 e. The predicted octanol–water partition coefficient (Wildman–Crippen LogP) is 1.16. The van der Waals surface area contributed by atoms with Crippen molar-refractivity contribution in [2.75, 3.05) is 0 Å². The minimum Gasteiger partial charge on any atom is -0.343 e. The third-order valence-corrected chi connectivity index (χ3v) is 3.93. The van der Waals surface area contributed by atoms with E-state index in [2.05, 4.69) is 12.2 Å². The Morgan fingerprint density at radius 2 is 1.82 bits per heavy atom. The summed E-state index contributed by atoms with van der Waals surface area (Å²) in [5.74, 6) is 0.940. The zero-order valence-corrected chi connectivity index (χ0v) is 11.1. The first-order chi connectivity index (χ1) is 7.91. The monoisotopic (exact) mass is 238 g/mol. The Balaban J connectivity index is 2.21. The number of nitrogens with zero attached hydrogens (tertiary/aromatic N) is 1. The molecule has 4 heteroatoms. The van der Waals surface area contributed by atoms with E-state index in [0.29, 0.717) is 5.92 Å². The molecule has 1 aliphatic carbocycles. The minimum atomic E-state index is -0.367. The number of amides is 2. The van der Waals surface area contributed by atoms with Crippen molar-refractivity contribution in [1.29, 1.82) is 0 Å². The van der Waals surface area contributed by atoms with Gasteiger partial charge in [-0.2, -0.15) is 0 Å². The molecular formula is C13H22N2O2. The van der Waals surface area contributed by atoms with Crippen molar-refractivity contribution in [3.8, 4) is 0 Å². The molecule has 96 valence electrons. The van der Waals surface area contributed by atoms with Crippen LogP contribution in [0, 0.1) is 11.8 Å². The molecule has 2 rings (SSSR count). The normalized spacial score (nSPS) is 38.1. The molecule has 1 heterocycles. The standard InChI is InChI=1S/C13H22N2O2/c1-7(2)11-12(16)14-9(4)13(17)15(11)10-5-8(3)6-10/h7-11H,5-6H2,1-4H3,(H,14,16). The quantitative estimate of drug-likeness (QED) is 0.784. The average Bonchev–Trinajstić information content (AvgIpc) is 2.18. The van der Waals surface area contributed by atoms with Crippen molar-refractivity contribution >= 4 is 11.8 Å². The lowest BCUT2D eigenvalue weighted by atomic mass is 9.78. The maximum Gasteiger partial charge on any atom is 0.245 e. The van der Waals surface area contributed by atoms with E-state index in [-0.39, 0.29) is 35.9 Å². The van der Waals surface area contributed by atoms with Crippen LogP contribution in [0.3, 0.4) is 0 Å². The van der Waals surface area contributed by atoms with Crippen LogP contribution in [0.1, 0.15) is 40.5 Å². The molecular weight excluding hydrogens is 216 g/mol. The lowest BCUT2D eigenvalue weighted by Crippen LogP contribution is -2.68. The molecule has 0 aromatic heterocycles. The van der Waals surface area contributed by atoms with Crippen molar-refractivity contribution in [3.63, 3.8) is 0 Å². The fraction of sp³-hybridized carbons (Fsp3) is 0.846. The Labute approximate surface area is 103 Å².